The average Bonchev–Trinajstić information content (AvgIpc) is 2.65. The first-order valence-corrected chi connectivity index (χ1v) is 8.64. The molecule has 2 heterocycles. The summed E-state index contributed by atoms with van der Waals surface area (Å²) in [6.45, 7) is 0.168. The van der Waals surface area contributed by atoms with Gasteiger partial charge in [0.05, 0.1) is 32.0 Å². The minimum Gasteiger partial charge on any atom is -0.493 e. The van der Waals surface area contributed by atoms with Crippen LogP contribution < -0.4 is 14.2 Å². The van der Waals surface area contributed by atoms with E-state index in [1.54, 1.807) is 32.7 Å². The summed E-state index contributed by atoms with van der Waals surface area (Å²) in [6, 6.07) is 9.29. The lowest BCUT2D eigenvalue weighted by atomic mass is 10.0. The lowest BCUT2D eigenvalue weighted by molar-refractivity contribution is 0.356. The predicted octanol–water partition coefficient (Wildman–Crippen LogP) is 1.93. The van der Waals surface area contributed by atoms with Gasteiger partial charge in [0.2, 0.25) is 10.9 Å². The second-order valence-corrected chi connectivity index (χ2v) is 6.04. The van der Waals surface area contributed by atoms with Crippen LogP contribution in [0.4, 0.5) is 0 Å². The lowest BCUT2D eigenvalue weighted by Gasteiger charge is -2.11. The lowest BCUT2D eigenvalue weighted by Crippen LogP contribution is -2.11. The molecule has 0 spiro atoms. The van der Waals surface area contributed by atoms with Crippen molar-refractivity contribution in [3.63, 3.8) is 0 Å². The number of nitrogens with one attached hydrogen (secondary N) is 1. The van der Waals surface area contributed by atoms with E-state index in [-0.39, 0.29) is 6.54 Å². The Morgan fingerprint density at radius 2 is 1.80 bits per heavy atom. The minimum atomic E-state index is -2.63. The molecular formula is C17H17N3O4S. The Hall–Kier alpha value is -2.71. The Morgan fingerprint density at radius 3 is 2.44 bits per heavy atom. The van der Waals surface area contributed by atoms with Gasteiger partial charge in [0.25, 0.3) is 0 Å². The van der Waals surface area contributed by atoms with E-state index in [4.69, 9.17) is 9.47 Å². The molecule has 0 aliphatic carbocycles. The van der Waals surface area contributed by atoms with Crippen LogP contribution >= 0.6 is 0 Å². The first-order chi connectivity index (χ1) is 12.1. The van der Waals surface area contributed by atoms with Crippen molar-refractivity contribution in [2.45, 2.75) is 6.54 Å². The third-order valence-corrected chi connectivity index (χ3v) is 4.19. The van der Waals surface area contributed by atoms with Crippen LogP contribution in [-0.2, 0) is 17.4 Å². The zero-order valence-corrected chi connectivity index (χ0v) is 14.6. The van der Waals surface area contributed by atoms with Crippen molar-refractivity contribution in [3.05, 3.63) is 48.4 Å². The molecule has 1 N–H and O–H groups in total. The second-order valence-electron chi connectivity index (χ2n) is 5.21. The summed E-state index contributed by atoms with van der Waals surface area (Å²) in [6.07, 6.45) is 3.43. The number of fused-ring (bicyclic) bond motifs is 1. The van der Waals surface area contributed by atoms with Crippen LogP contribution in [0.5, 0.6) is 11.5 Å². The predicted molar refractivity (Wildman–Crippen MR) is 95.2 cm³/mol. The normalized spacial score (nSPS) is 11.0. The molecule has 0 aliphatic heterocycles. The number of nitrogens with zero attached hydrogens (tertiary/aromatic N) is 2. The van der Waals surface area contributed by atoms with Gasteiger partial charge in [0, 0.05) is 29.4 Å². The molecule has 0 saturated heterocycles. The Morgan fingerprint density at radius 1 is 1.04 bits per heavy atom. The summed E-state index contributed by atoms with van der Waals surface area (Å²) in [5.74, 6) is 1.24. The van der Waals surface area contributed by atoms with Crippen molar-refractivity contribution in [1.82, 2.24) is 14.7 Å². The molecule has 8 heteroatoms. The molecule has 25 heavy (non-hydrogen) atoms. The molecule has 0 radical (unpaired) electrons. The van der Waals surface area contributed by atoms with Crippen LogP contribution in [0.3, 0.4) is 0 Å². The highest BCUT2D eigenvalue weighted by Crippen LogP contribution is 2.35. The molecule has 0 unspecified atom stereocenters. The zero-order chi connectivity index (χ0) is 17.8. The number of methoxy groups -OCH3 is 2. The summed E-state index contributed by atoms with van der Waals surface area (Å²) in [5.41, 5.74) is 3.27. The summed E-state index contributed by atoms with van der Waals surface area (Å²) >= 11 is 0. The molecular weight excluding hydrogens is 342 g/mol. The topological polar surface area (TPSA) is 90.4 Å². The summed E-state index contributed by atoms with van der Waals surface area (Å²) in [5, 5.41) is 0.912. The summed E-state index contributed by atoms with van der Waals surface area (Å²) < 4.78 is 34.2. The number of thiol groups is 1. The number of rotatable bonds is 6. The van der Waals surface area contributed by atoms with Gasteiger partial charge in [0.1, 0.15) is 0 Å². The smallest absolute Gasteiger partial charge is 0.201 e. The first kappa shape index (κ1) is 17.1. The van der Waals surface area contributed by atoms with Crippen LogP contribution in [0.2, 0.25) is 0 Å². The SMILES string of the molecule is COc1cc2nccc(-c3ccc(CN[SH](=O)=O)nc3)c2cc1OC. The second kappa shape index (κ2) is 7.45. The van der Waals surface area contributed by atoms with E-state index in [1.807, 2.05) is 24.3 Å². The van der Waals surface area contributed by atoms with E-state index in [1.165, 1.54) is 0 Å². The molecule has 0 amide bonds. The van der Waals surface area contributed by atoms with Gasteiger partial charge in [-0.05, 0) is 23.8 Å². The number of aromatic nitrogens is 2. The molecule has 1 aromatic carbocycles. The number of hydrogen-bond donors (Lipinski definition) is 2. The van der Waals surface area contributed by atoms with Crippen LogP contribution in [0, 0.1) is 0 Å². The Labute approximate surface area is 146 Å². The molecule has 0 atom stereocenters. The Balaban J connectivity index is 2.03. The van der Waals surface area contributed by atoms with Gasteiger partial charge in [-0.2, -0.15) is 0 Å². The summed E-state index contributed by atoms with van der Waals surface area (Å²) in [7, 11) is 0.537. The summed E-state index contributed by atoms with van der Waals surface area (Å²) in [4.78, 5) is 8.69. The van der Waals surface area contributed by atoms with Gasteiger partial charge in [-0.25, -0.2) is 13.1 Å². The molecule has 2 aromatic heterocycles. The van der Waals surface area contributed by atoms with Crippen molar-refractivity contribution in [1.29, 1.82) is 0 Å². The number of benzene rings is 1. The molecule has 0 aliphatic rings. The number of ether oxygens (including phenoxy) is 2. The maximum absolute atomic E-state index is 10.6. The van der Waals surface area contributed by atoms with Gasteiger partial charge in [-0.3, -0.25) is 9.97 Å². The number of pyridine rings is 2. The van der Waals surface area contributed by atoms with E-state index in [0.717, 1.165) is 22.0 Å². The number of hydrogen-bond acceptors (Lipinski definition) is 6. The van der Waals surface area contributed by atoms with Crippen LogP contribution in [-0.4, -0.2) is 32.6 Å². The first-order valence-electron chi connectivity index (χ1n) is 7.46. The minimum absolute atomic E-state index is 0.168. The van der Waals surface area contributed by atoms with Crippen LogP contribution in [0.1, 0.15) is 5.69 Å². The van der Waals surface area contributed by atoms with Gasteiger partial charge < -0.3 is 9.47 Å². The maximum atomic E-state index is 10.6. The van der Waals surface area contributed by atoms with Crippen molar-refractivity contribution in [3.8, 4) is 22.6 Å². The van der Waals surface area contributed by atoms with E-state index in [9.17, 15) is 8.42 Å². The molecule has 130 valence electrons. The highest BCUT2D eigenvalue weighted by Gasteiger charge is 2.11. The van der Waals surface area contributed by atoms with Crippen LogP contribution in [0.15, 0.2) is 42.7 Å². The Kier molecular flexibility index (Phi) is 5.11. The monoisotopic (exact) mass is 359 g/mol. The molecule has 0 saturated carbocycles. The average molecular weight is 359 g/mol. The fourth-order valence-electron chi connectivity index (χ4n) is 2.56. The van der Waals surface area contributed by atoms with E-state index < -0.39 is 10.9 Å². The van der Waals surface area contributed by atoms with E-state index >= 15 is 0 Å². The zero-order valence-electron chi connectivity index (χ0n) is 13.7. The van der Waals surface area contributed by atoms with Crippen molar-refractivity contribution < 1.29 is 17.9 Å². The van der Waals surface area contributed by atoms with Gasteiger partial charge in [-0.1, -0.05) is 6.07 Å². The highest BCUT2D eigenvalue weighted by atomic mass is 32.2. The van der Waals surface area contributed by atoms with Crippen molar-refractivity contribution in [2.24, 2.45) is 0 Å². The van der Waals surface area contributed by atoms with Gasteiger partial charge in [0.15, 0.2) is 11.5 Å². The molecule has 7 nitrogen and oxygen atoms in total. The van der Waals surface area contributed by atoms with Crippen molar-refractivity contribution in [2.75, 3.05) is 14.2 Å². The Bertz CT molecular complexity index is 964. The quantitative estimate of drug-likeness (QED) is 0.654. The maximum Gasteiger partial charge on any atom is 0.201 e. The fraction of sp³-hybridized carbons (Fsp3) is 0.176. The molecule has 3 rings (SSSR count). The molecule has 0 bridgehead atoms. The third-order valence-electron chi connectivity index (χ3n) is 3.77. The third kappa shape index (κ3) is 3.70. The van der Waals surface area contributed by atoms with Crippen molar-refractivity contribution >= 4 is 21.8 Å². The molecule has 0 fully saturated rings. The standard InChI is InChI=1S/C17H17N3O4S/c1-23-16-7-14-13(5-6-18-15(14)8-17(16)24-2)11-3-4-12(19-9-11)10-20-25(21)22/h3-9,25H,10H2,1-2H3,(H,20,21,22). The van der Waals surface area contributed by atoms with Crippen LogP contribution in [0.25, 0.3) is 22.0 Å². The van der Waals surface area contributed by atoms with E-state index in [0.29, 0.717) is 17.2 Å². The van der Waals surface area contributed by atoms with Gasteiger partial charge >= 0.3 is 0 Å². The largest absolute Gasteiger partial charge is 0.493 e. The highest BCUT2D eigenvalue weighted by molar-refractivity contribution is 7.70. The molecule has 3 aromatic rings. The van der Waals surface area contributed by atoms with E-state index in [2.05, 4.69) is 14.7 Å². The van der Waals surface area contributed by atoms with Gasteiger partial charge in [-0.15, -0.1) is 0 Å². The fourth-order valence-corrected chi connectivity index (χ4v) is 2.85.